The molecule has 3 amide bonds. The molecular formula is C69H81ClN18O13. The van der Waals surface area contributed by atoms with E-state index in [9.17, 15) is 29.3 Å². The summed E-state index contributed by atoms with van der Waals surface area (Å²) in [6.45, 7) is 15.5. The maximum Gasteiger partial charge on any atom is 0.415 e. The Kier molecular flexibility index (Phi) is 27.4. The SMILES string of the molecule is CCCc1ccc(O)cc1.COc1c(OCCCN(C(=O)Oc2ccc(CCN)cc2)C(C)C)ccc2c3n(c(=NC(=O)c4cnc(N)nc4)nc12)CCN3.COc1c(OCCCNC(C)C)ccc2c3n(c(=NC(=O)c4cnc(N)nc4)nc12)CCN3.O=C(Cl)Oc1ccc([N+](=O)[O-])cc1. The fourth-order valence-corrected chi connectivity index (χ4v) is 10.3. The number of amides is 3. The lowest BCUT2D eigenvalue weighted by atomic mass is 10.1. The standard InChI is InChI=1S/C31H37N9O5.C22H28N8O3.C9H12O.C7H4ClNO4/c1-19(2)39(31(42)45-22-7-5-20(6-8-22)11-12-32)14-4-16-44-24-10-9-23-25(26(24)43-3)37-30(40-15-13-34-27(23)40)38-28(41)21-17-35-29(33)36-18-21;1-13(2)24-7-4-10-33-16-6-5-15-17(18(16)32-3)28-22(30-9-8-25-19(15)30)29-20(31)14-11-26-21(23)27-12-14;1-2-3-8-4-6-9(10)7-5-8;8-7(10)13-6-3-1-5(2-4-6)9(11)12/h5-10,17-19,34H,4,11-16,32H2,1-3H3,(H2,33,35,36);5-6,11-13,24-25H,4,7-10H2,1-3H3,(H2,23,26,27);4-7,10H,2-3H2,1H3;1-4H. The molecule has 5 aromatic carbocycles. The van der Waals surface area contributed by atoms with Gasteiger partial charge in [-0.1, -0.05) is 51.5 Å². The van der Waals surface area contributed by atoms with Crippen molar-refractivity contribution in [2.75, 3.05) is 82.3 Å². The highest BCUT2D eigenvalue weighted by Crippen LogP contribution is 2.39. The summed E-state index contributed by atoms with van der Waals surface area (Å²) < 4.78 is 37.3. The number of nitro groups is 1. The van der Waals surface area contributed by atoms with Gasteiger partial charge in [0.15, 0.2) is 23.0 Å². The van der Waals surface area contributed by atoms with Crippen molar-refractivity contribution < 1.29 is 57.6 Å². The number of aromatic hydroxyl groups is 1. The smallest absolute Gasteiger partial charge is 0.415 e. The van der Waals surface area contributed by atoms with Crippen molar-refractivity contribution in [2.24, 2.45) is 15.7 Å². The zero-order valence-corrected chi connectivity index (χ0v) is 57.7. The number of non-ortho nitro benzene ring substituents is 1. The number of phenols is 1. The molecule has 0 radical (unpaired) electrons. The molecule has 0 unspecified atom stereocenters. The molecule has 2 aliphatic rings. The summed E-state index contributed by atoms with van der Waals surface area (Å²) in [5.41, 5.74) is 19.9. The van der Waals surface area contributed by atoms with Gasteiger partial charge in [0.2, 0.25) is 23.1 Å². The number of nitrogens with zero attached hydrogens (tertiary/aromatic N) is 12. The number of halogens is 1. The van der Waals surface area contributed by atoms with E-state index in [4.69, 9.17) is 62.6 Å². The number of rotatable bonds is 23. The molecule has 11 rings (SSSR count). The highest BCUT2D eigenvalue weighted by atomic mass is 35.5. The van der Waals surface area contributed by atoms with Crippen molar-refractivity contribution in [3.8, 4) is 40.2 Å². The van der Waals surface area contributed by atoms with Crippen molar-refractivity contribution in [3.05, 3.63) is 165 Å². The fraction of sp³-hybridized carbons (Fsp3) is 0.333. The lowest BCUT2D eigenvalue weighted by molar-refractivity contribution is -0.384. The lowest BCUT2D eigenvalue weighted by Crippen LogP contribution is -2.40. The van der Waals surface area contributed by atoms with Crippen LogP contribution >= 0.6 is 11.6 Å². The maximum absolute atomic E-state index is 12.9. The van der Waals surface area contributed by atoms with Crippen LogP contribution in [0.15, 0.2) is 132 Å². The number of benzene rings is 5. The Morgan fingerprint density at radius 1 is 0.683 bits per heavy atom. The van der Waals surface area contributed by atoms with Crippen LogP contribution in [-0.2, 0) is 25.9 Å². The summed E-state index contributed by atoms with van der Waals surface area (Å²) in [5, 5.41) is 30.9. The number of hydrogen-bond acceptors (Lipinski definition) is 25. The van der Waals surface area contributed by atoms with Crippen molar-refractivity contribution in [1.82, 2.24) is 49.3 Å². The molecule has 0 aliphatic carbocycles. The number of carbonyl (C=O) groups excluding carboxylic acids is 4. The van der Waals surface area contributed by atoms with Crippen LogP contribution in [0.25, 0.3) is 21.8 Å². The number of ether oxygens (including phenoxy) is 6. The van der Waals surface area contributed by atoms with Gasteiger partial charge in [-0.05, 0) is 124 Å². The van der Waals surface area contributed by atoms with Crippen LogP contribution in [-0.4, -0.2) is 150 Å². The molecule has 0 atom stereocenters. The third-order valence-electron chi connectivity index (χ3n) is 15.1. The van der Waals surface area contributed by atoms with Gasteiger partial charge in [0.05, 0.1) is 43.5 Å². The van der Waals surface area contributed by atoms with Crippen LogP contribution in [0.1, 0.15) is 85.7 Å². The molecule has 0 saturated heterocycles. The third-order valence-corrected chi connectivity index (χ3v) is 15.2. The molecule has 10 N–H and O–H groups in total. The van der Waals surface area contributed by atoms with Gasteiger partial charge >= 0.3 is 11.5 Å². The molecule has 32 heteroatoms. The Bertz CT molecular complexity index is 4470. The number of nitrogens with two attached hydrogens (primary N) is 3. The Labute approximate surface area is 585 Å². The number of hydrogen-bond donors (Lipinski definition) is 7. The highest BCUT2D eigenvalue weighted by molar-refractivity contribution is 6.61. The number of anilines is 4. The van der Waals surface area contributed by atoms with Crippen LogP contribution in [0.5, 0.6) is 40.2 Å². The molecular weight excluding hydrogens is 1320 g/mol. The minimum Gasteiger partial charge on any atom is -0.508 e. The molecule has 0 spiro atoms. The number of carbonyl (C=O) groups is 4. The first-order valence-corrected chi connectivity index (χ1v) is 32.8. The first-order chi connectivity index (χ1) is 48.7. The number of methoxy groups -OCH3 is 2. The molecule has 532 valence electrons. The quantitative estimate of drug-likeness (QED) is 0.0136. The zero-order valence-electron chi connectivity index (χ0n) is 56.9. The van der Waals surface area contributed by atoms with E-state index in [-0.39, 0.29) is 51.7 Å². The maximum atomic E-state index is 12.9. The van der Waals surface area contributed by atoms with Gasteiger partial charge in [0, 0.05) is 104 Å². The Morgan fingerprint density at radius 3 is 1.59 bits per heavy atom. The number of nitrogen functional groups attached to an aromatic ring is 2. The number of aryl methyl sites for hydroxylation is 1. The first kappa shape index (κ1) is 75.2. The van der Waals surface area contributed by atoms with Crippen LogP contribution in [0.3, 0.4) is 0 Å². The van der Waals surface area contributed by atoms with E-state index < -0.39 is 28.3 Å². The van der Waals surface area contributed by atoms with E-state index in [1.165, 1.54) is 61.7 Å². The number of nitro benzene ring substituents is 1. The number of nitrogens with one attached hydrogen (secondary N) is 3. The Hall–Kier alpha value is -11.6. The van der Waals surface area contributed by atoms with Gasteiger partial charge in [-0.25, -0.2) is 39.5 Å². The van der Waals surface area contributed by atoms with E-state index >= 15 is 0 Å². The van der Waals surface area contributed by atoms with Gasteiger partial charge in [0.1, 0.15) is 39.9 Å². The summed E-state index contributed by atoms with van der Waals surface area (Å²) >= 11 is 4.92. The van der Waals surface area contributed by atoms with Crippen molar-refractivity contribution in [2.45, 2.75) is 91.9 Å². The molecule has 0 saturated carbocycles. The fourth-order valence-electron chi connectivity index (χ4n) is 10.3. The molecule has 4 aromatic heterocycles. The van der Waals surface area contributed by atoms with Gasteiger partial charge in [-0.15, -0.1) is 0 Å². The molecule has 0 fully saturated rings. The molecule has 101 heavy (non-hydrogen) atoms. The van der Waals surface area contributed by atoms with Crippen LogP contribution in [0, 0.1) is 10.1 Å². The van der Waals surface area contributed by atoms with Crippen LogP contribution in [0.4, 0.5) is 38.8 Å². The number of phenolic OH excluding ortho intramolecular Hbond substituents is 1. The summed E-state index contributed by atoms with van der Waals surface area (Å²) in [7, 11) is 3.11. The minimum absolute atomic E-state index is 0.0634. The second kappa shape index (κ2) is 36.9. The predicted molar refractivity (Wildman–Crippen MR) is 380 cm³/mol. The summed E-state index contributed by atoms with van der Waals surface area (Å²) in [5.74, 6) is 3.66. The normalized spacial score (nSPS) is 12.1. The Balaban J connectivity index is 0.000000199. The largest absolute Gasteiger partial charge is 0.508 e. The molecule has 0 bridgehead atoms. The monoisotopic (exact) mass is 1400 g/mol. The third kappa shape index (κ3) is 21.0. The Morgan fingerprint density at radius 2 is 1.15 bits per heavy atom. The molecule has 6 heterocycles. The average Bonchev–Trinajstić information content (AvgIpc) is 1.70. The predicted octanol–water partition coefficient (Wildman–Crippen LogP) is 8.79. The van der Waals surface area contributed by atoms with Crippen LogP contribution in [0.2, 0.25) is 0 Å². The number of fused-ring (bicyclic) bond motifs is 6. The topological polar surface area (TPSA) is 416 Å². The van der Waals surface area contributed by atoms with Crippen molar-refractivity contribution >= 4 is 86.0 Å². The zero-order chi connectivity index (χ0) is 72.5. The van der Waals surface area contributed by atoms with E-state index in [1.807, 2.05) is 71.5 Å². The molecule has 2 aliphatic heterocycles. The van der Waals surface area contributed by atoms with Gasteiger partial charge in [-0.3, -0.25) is 28.8 Å². The van der Waals surface area contributed by atoms with Gasteiger partial charge < -0.3 is 71.6 Å². The van der Waals surface area contributed by atoms with Crippen molar-refractivity contribution in [3.63, 3.8) is 0 Å². The van der Waals surface area contributed by atoms with Gasteiger partial charge in [0.25, 0.3) is 17.5 Å². The van der Waals surface area contributed by atoms with E-state index in [1.54, 1.807) is 36.3 Å². The average molecular weight is 1410 g/mol. The first-order valence-electron chi connectivity index (χ1n) is 32.4. The van der Waals surface area contributed by atoms with Crippen LogP contribution < -0.4 is 72.8 Å². The van der Waals surface area contributed by atoms with E-state index in [2.05, 4.69) is 76.4 Å². The highest BCUT2D eigenvalue weighted by Gasteiger charge is 2.25. The van der Waals surface area contributed by atoms with E-state index in [0.29, 0.717) is 110 Å². The second-order valence-corrected chi connectivity index (χ2v) is 23.3. The summed E-state index contributed by atoms with van der Waals surface area (Å²) in [6.07, 6.45) is 9.32. The van der Waals surface area contributed by atoms with E-state index in [0.717, 1.165) is 60.2 Å². The van der Waals surface area contributed by atoms with Crippen molar-refractivity contribution in [1.29, 1.82) is 0 Å². The molecule has 9 aromatic rings. The lowest BCUT2D eigenvalue weighted by Gasteiger charge is -2.26. The minimum atomic E-state index is -0.978. The summed E-state index contributed by atoms with van der Waals surface area (Å²) in [4.78, 5) is 93.4. The summed E-state index contributed by atoms with van der Waals surface area (Å²) in [6, 6.07) is 27.6. The number of aromatic nitrogens is 8. The second-order valence-electron chi connectivity index (χ2n) is 23.0. The van der Waals surface area contributed by atoms with Gasteiger partial charge in [-0.2, -0.15) is 9.98 Å². The molecule has 31 nitrogen and oxygen atoms in total.